The summed E-state index contributed by atoms with van der Waals surface area (Å²) in [5.41, 5.74) is 4.79. The lowest BCUT2D eigenvalue weighted by Gasteiger charge is -2.16. The summed E-state index contributed by atoms with van der Waals surface area (Å²) < 4.78 is 6.97. The molecule has 0 spiro atoms. The number of rotatable bonds is 6. The van der Waals surface area contributed by atoms with Crippen LogP contribution >= 0.6 is 0 Å². The molecule has 0 radical (unpaired) electrons. The first kappa shape index (κ1) is 19.0. The molecule has 1 aliphatic rings. The molecule has 0 amide bonds. The number of Topliss-reactive ketones (excluding diaryl/α,β-unsaturated/α-hetero) is 1. The molecule has 5 heteroatoms. The molecule has 0 bridgehead atoms. The SMILES string of the molecule is CCOC(=O)c1c(C)c2c(n1C)CCC(=CNCCc1ccccc1)C2=O. The van der Waals surface area contributed by atoms with Crippen LogP contribution in [-0.2, 0) is 24.6 Å². The number of carbonyl (C=O) groups excluding carboxylic acids is 2. The van der Waals surface area contributed by atoms with Gasteiger partial charge in [-0.25, -0.2) is 4.79 Å². The van der Waals surface area contributed by atoms with Crippen molar-refractivity contribution in [3.63, 3.8) is 0 Å². The highest BCUT2D eigenvalue weighted by molar-refractivity contribution is 6.13. The number of benzene rings is 1. The third kappa shape index (κ3) is 3.82. The molecule has 1 aromatic carbocycles. The first-order valence-corrected chi connectivity index (χ1v) is 9.40. The lowest BCUT2D eigenvalue weighted by atomic mass is 9.89. The van der Waals surface area contributed by atoms with Crippen LogP contribution in [0, 0.1) is 6.92 Å². The van der Waals surface area contributed by atoms with Crippen molar-refractivity contribution in [3.05, 3.63) is 70.2 Å². The normalized spacial score (nSPS) is 14.9. The maximum atomic E-state index is 13.0. The van der Waals surface area contributed by atoms with E-state index in [0.717, 1.165) is 30.7 Å². The van der Waals surface area contributed by atoms with Gasteiger partial charge in [-0.3, -0.25) is 4.79 Å². The summed E-state index contributed by atoms with van der Waals surface area (Å²) in [5, 5.41) is 3.27. The number of nitrogens with zero attached hydrogens (tertiary/aromatic N) is 1. The van der Waals surface area contributed by atoms with Gasteiger partial charge in [-0.05, 0) is 44.2 Å². The molecule has 0 atom stereocenters. The van der Waals surface area contributed by atoms with E-state index in [1.165, 1.54) is 5.56 Å². The van der Waals surface area contributed by atoms with Crippen molar-refractivity contribution in [2.24, 2.45) is 7.05 Å². The van der Waals surface area contributed by atoms with Gasteiger partial charge in [0, 0.05) is 36.6 Å². The Labute approximate surface area is 160 Å². The van der Waals surface area contributed by atoms with Gasteiger partial charge in [0.15, 0.2) is 5.78 Å². The number of fused-ring (bicyclic) bond motifs is 1. The zero-order chi connectivity index (χ0) is 19.4. The molecule has 1 N–H and O–H groups in total. The molecule has 142 valence electrons. The van der Waals surface area contributed by atoms with Gasteiger partial charge in [0.05, 0.1) is 6.61 Å². The van der Waals surface area contributed by atoms with Gasteiger partial charge in [-0.1, -0.05) is 30.3 Å². The molecule has 0 aliphatic heterocycles. The smallest absolute Gasteiger partial charge is 0.355 e. The van der Waals surface area contributed by atoms with Crippen LogP contribution in [0.4, 0.5) is 0 Å². The number of esters is 1. The molecule has 1 aromatic heterocycles. The Morgan fingerprint density at radius 3 is 2.70 bits per heavy atom. The summed E-state index contributed by atoms with van der Waals surface area (Å²) in [6.45, 7) is 4.70. The Hall–Kier alpha value is -2.82. The highest BCUT2D eigenvalue weighted by Crippen LogP contribution is 2.31. The lowest BCUT2D eigenvalue weighted by Crippen LogP contribution is -2.19. The summed E-state index contributed by atoms with van der Waals surface area (Å²) in [4.78, 5) is 25.2. The minimum absolute atomic E-state index is 0.00658. The Balaban J connectivity index is 1.74. The van der Waals surface area contributed by atoms with Crippen LogP contribution in [0.25, 0.3) is 0 Å². The van der Waals surface area contributed by atoms with E-state index in [9.17, 15) is 9.59 Å². The van der Waals surface area contributed by atoms with Crippen LogP contribution in [0.3, 0.4) is 0 Å². The van der Waals surface area contributed by atoms with Gasteiger partial charge < -0.3 is 14.6 Å². The van der Waals surface area contributed by atoms with Crippen molar-refractivity contribution >= 4 is 11.8 Å². The van der Waals surface area contributed by atoms with E-state index < -0.39 is 0 Å². The number of ether oxygens (including phenoxy) is 1. The van der Waals surface area contributed by atoms with Gasteiger partial charge >= 0.3 is 5.97 Å². The standard InChI is InChI=1S/C22H26N2O3/c1-4-27-22(26)20-15(2)19-18(24(20)3)11-10-17(21(19)25)14-23-13-12-16-8-6-5-7-9-16/h5-9,14,23H,4,10-13H2,1-3H3. The average molecular weight is 366 g/mol. The Morgan fingerprint density at radius 1 is 1.26 bits per heavy atom. The molecule has 2 aromatic rings. The molecule has 0 fully saturated rings. The van der Waals surface area contributed by atoms with E-state index in [4.69, 9.17) is 4.74 Å². The zero-order valence-corrected chi connectivity index (χ0v) is 16.2. The molecule has 0 unspecified atom stereocenters. The highest BCUT2D eigenvalue weighted by Gasteiger charge is 2.31. The Morgan fingerprint density at radius 2 is 2.00 bits per heavy atom. The molecule has 5 nitrogen and oxygen atoms in total. The molecule has 1 aliphatic carbocycles. The quantitative estimate of drug-likeness (QED) is 0.484. The fraction of sp³-hybridized carbons (Fsp3) is 0.364. The van der Waals surface area contributed by atoms with E-state index in [0.29, 0.717) is 29.8 Å². The molecular formula is C22H26N2O3. The second-order valence-corrected chi connectivity index (χ2v) is 6.76. The number of nitrogens with one attached hydrogen (secondary N) is 1. The van der Waals surface area contributed by atoms with Gasteiger partial charge in [-0.2, -0.15) is 0 Å². The van der Waals surface area contributed by atoms with Crippen LogP contribution in [-0.4, -0.2) is 29.5 Å². The zero-order valence-electron chi connectivity index (χ0n) is 16.2. The number of aromatic nitrogens is 1. The van der Waals surface area contributed by atoms with Crippen molar-refractivity contribution in [1.82, 2.24) is 9.88 Å². The second kappa shape index (κ2) is 8.25. The van der Waals surface area contributed by atoms with Crippen molar-refractivity contribution in [1.29, 1.82) is 0 Å². The van der Waals surface area contributed by atoms with Crippen LogP contribution < -0.4 is 5.32 Å². The maximum absolute atomic E-state index is 13.0. The minimum atomic E-state index is -0.369. The van der Waals surface area contributed by atoms with Crippen molar-refractivity contribution in [2.75, 3.05) is 13.2 Å². The summed E-state index contributed by atoms with van der Waals surface area (Å²) in [5.74, 6) is -0.363. The first-order chi connectivity index (χ1) is 13.0. The first-order valence-electron chi connectivity index (χ1n) is 9.40. The van der Waals surface area contributed by atoms with Gasteiger partial charge in [0.2, 0.25) is 0 Å². The van der Waals surface area contributed by atoms with Crippen molar-refractivity contribution in [3.8, 4) is 0 Å². The second-order valence-electron chi connectivity index (χ2n) is 6.76. The fourth-order valence-corrected chi connectivity index (χ4v) is 3.69. The number of hydrogen-bond donors (Lipinski definition) is 1. The highest BCUT2D eigenvalue weighted by atomic mass is 16.5. The predicted molar refractivity (Wildman–Crippen MR) is 105 cm³/mol. The summed E-state index contributed by atoms with van der Waals surface area (Å²) in [6.07, 6.45) is 4.15. The number of allylic oxidation sites excluding steroid dienone is 1. The van der Waals surface area contributed by atoms with E-state index in [-0.39, 0.29) is 11.8 Å². The largest absolute Gasteiger partial charge is 0.461 e. The maximum Gasteiger partial charge on any atom is 0.355 e. The van der Waals surface area contributed by atoms with Crippen molar-refractivity contribution in [2.45, 2.75) is 33.1 Å². The number of hydrogen-bond acceptors (Lipinski definition) is 4. The third-order valence-corrected chi connectivity index (χ3v) is 5.05. The third-order valence-electron chi connectivity index (χ3n) is 5.05. The van der Waals surface area contributed by atoms with Gasteiger partial charge in [0.1, 0.15) is 5.69 Å². The lowest BCUT2D eigenvalue weighted by molar-refractivity contribution is 0.0514. The van der Waals surface area contributed by atoms with E-state index in [1.807, 2.05) is 42.9 Å². The average Bonchev–Trinajstić information content (AvgIpc) is 2.92. The van der Waals surface area contributed by atoms with Gasteiger partial charge in [0.25, 0.3) is 0 Å². The van der Waals surface area contributed by atoms with Gasteiger partial charge in [-0.15, -0.1) is 0 Å². The number of carbonyl (C=O) groups is 2. The summed E-state index contributed by atoms with van der Waals surface area (Å²) in [7, 11) is 1.83. The van der Waals surface area contributed by atoms with Crippen LogP contribution in [0.5, 0.6) is 0 Å². The van der Waals surface area contributed by atoms with Crippen molar-refractivity contribution < 1.29 is 14.3 Å². The molecule has 0 saturated carbocycles. The van der Waals surface area contributed by atoms with Crippen LogP contribution in [0.1, 0.15) is 51.0 Å². The molecule has 1 heterocycles. The summed E-state index contributed by atoms with van der Waals surface area (Å²) >= 11 is 0. The predicted octanol–water partition coefficient (Wildman–Crippen LogP) is 3.36. The summed E-state index contributed by atoms with van der Waals surface area (Å²) in [6, 6.07) is 10.2. The molecule has 3 rings (SSSR count). The van der Waals surface area contributed by atoms with E-state index in [1.54, 1.807) is 6.92 Å². The van der Waals surface area contributed by atoms with Crippen LogP contribution in [0.15, 0.2) is 42.1 Å². The molecule has 27 heavy (non-hydrogen) atoms. The van der Waals surface area contributed by atoms with Crippen LogP contribution in [0.2, 0.25) is 0 Å². The fourth-order valence-electron chi connectivity index (χ4n) is 3.69. The Bertz CT molecular complexity index is 879. The monoisotopic (exact) mass is 366 g/mol. The van der Waals surface area contributed by atoms with E-state index >= 15 is 0 Å². The topological polar surface area (TPSA) is 60.3 Å². The van der Waals surface area contributed by atoms with E-state index in [2.05, 4.69) is 17.4 Å². The Kier molecular flexibility index (Phi) is 5.79. The minimum Gasteiger partial charge on any atom is -0.461 e. The molecular weight excluding hydrogens is 340 g/mol. The molecule has 0 saturated heterocycles. The number of ketones is 1.